The lowest BCUT2D eigenvalue weighted by atomic mass is 10.1. The Balaban J connectivity index is 2.14. The number of halogens is 3. The summed E-state index contributed by atoms with van der Waals surface area (Å²) in [6.07, 6.45) is -4.43. The van der Waals surface area contributed by atoms with E-state index in [2.05, 4.69) is 4.98 Å². The Labute approximate surface area is 153 Å². The molecule has 0 aliphatic carbocycles. The van der Waals surface area contributed by atoms with E-state index < -0.39 is 17.7 Å². The minimum absolute atomic E-state index is 0.0512. The lowest BCUT2D eigenvalue weighted by Gasteiger charge is -2.08. The zero-order valence-corrected chi connectivity index (χ0v) is 15.3. The van der Waals surface area contributed by atoms with E-state index >= 15 is 0 Å². The number of benzene rings is 1. The molecule has 0 unspecified atom stereocenters. The lowest BCUT2D eigenvalue weighted by molar-refractivity contribution is -0.137. The van der Waals surface area contributed by atoms with Crippen molar-refractivity contribution in [3.8, 4) is 0 Å². The summed E-state index contributed by atoms with van der Waals surface area (Å²) < 4.78 is 43.2. The number of H-pyrrole nitrogens is 1. The first-order valence-electron chi connectivity index (χ1n) is 7.84. The number of esters is 1. The van der Waals surface area contributed by atoms with Crippen LogP contribution in [0.1, 0.15) is 44.6 Å². The predicted molar refractivity (Wildman–Crippen MR) is 92.7 cm³/mol. The first kappa shape index (κ1) is 20.1. The third kappa shape index (κ3) is 4.49. The number of thioether (sulfide) groups is 1. The second kappa shape index (κ2) is 7.99. The van der Waals surface area contributed by atoms with Gasteiger partial charge < -0.3 is 9.72 Å². The van der Waals surface area contributed by atoms with Gasteiger partial charge in [-0.15, -0.1) is 11.8 Å². The first-order valence-corrected chi connectivity index (χ1v) is 8.83. The quantitative estimate of drug-likeness (QED) is 0.441. The molecule has 2 aromatic rings. The van der Waals surface area contributed by atoms with E-state index in [1.54, 1.807) is 20.8 Å². The molecule has 0 spiro atoms. The van der Waals surface area contributed by atoms with Crippen LogP contribution in [0.4, 0.5) is 13.2 Å². The number of ether oxygens (including phenoxy) is 1. The van der Waals surface area contributed by atoms with Crippen LogP contribution in [0.5, 0.6) is 0 Å². The summed E-state index contributed by atoms with van der Waals surface area (Å²) in [5, 5.41) is 0. The molecule has 0 radical (unpaired) electrons. The van der Waals surface area contributed by atoms with Crippen molar-refractivity contribution in [1.29, 1.82) is 0 Å². The average molecular weight is 385 g/mol. The van der Waals surface area contributed by atoms with Gasteiger partial charge in [0.15, 0.2) is 5.78 Å². The Morgan fingerprint density at radius 1 is 1.23 bits per heavy atom. The molecular formula is C18H18F3NO3S. The number of aromatic amines is 1. The fourth-order valence-corrected chi connectivity index (χ4v) is 3.35. The van der Waals surface area contributed by atoms with Crippen molar-refractivity contribution in [1.82, 2.24) is 4.98 Å². The van der Waals surface area contributed by atoms with Crippen LogP contribution >= 0.6 is 11.8 Å². The highest BCUT2D eigenvalue weighted by Crippen LogP contribution is 2.32. The summed E-state index contributed by atoms with van der Waals surface area (Å²) >= 11 is 1.01. The maximum atomic E-state index is 12.7. The van der Waals surface area contributed by atoms with Gasteiger partial charge in [-0.3, -0.25) is 4.79 Å². The van der Waals surface area contributed by atoms with Gasteiger partial charge in [-0.25, -0.2) is 4.79 Å². The number of hydrogen-bond acceptors (Lipinski definition) is 4. The molecule has 140 valence electrons. The number of rotatable bonds is 6. The van der Waals surface area contributed by atoms with E-state index in [0.29, 0.717) is 21.7 Å². The molecule has 1 N–H and O–H groups in total. The van der Waals surface area contributed by atoms with Crippen LogP contribution in [0.2, 0.25) is 0 Å². The molecule has 0 saturated heterocycles. The highest BCUT2D eigenvalue weighted by Gasteiger charge is 2.30. The van der Waals surface area contributed by atoms with Crippen molar-refractivity contribution in [2.24, 2.45) is 0 Å². The number of Topliss-reactive ketones (excluding diaryl/α,β-unsaturated/α-hetero) is 1. The number of hydrogen-bond donors (Lipinski definition) is 1. The summed E-state index contributed by atoms with van der Waals surface area (Å²) in [5.74, 6) is -0.864. The van der Waals surface area contributed by atoms with Crippen molar-refractivity contribution in [3.63, 3.8) is 0 Å². The number of aryl methyl sites for hydroxylation is 1. The van der Waals surface area contributed by atoms with E-state index in [1.165, 1.54) is 12.1 Å². The average Bonchev–Trinajstić information content (AvgIpc) is 2.87. The summed E-state index contributed by atoms with van der Waals surface area (Å²) in [6.45, 7) is 5.21. The normalized spacial score (nSPS) is 11.5. The lowest BCUT2D eigenvalue weighted by Crippen LogP contribution is -2.08. The van der Waals surface area contributed by atoms with Crippen LogP contribution in [0, 0.1) is 13.8 Å². The minimum Gasteiger partial charge on any atom is -0.462 e. The number of carbonyl (C=O) groups excluding carboxylic acids is 2. The van der Waals surface area contributed by atoms with Crippen LogP contribution in [0.15, 0.2) is 29.2 Å². The zero-order valence-electron chi connectivity index (χ0n) is 14.5. The van der Waals surface area contributed by atoms with E-state index in [0.717, 1.165) is 23.9 Å². The Morgan fingerprint density at radius 2 is 1.92 bits per heavy atom. The fraction of sp³-hybridized carbons (Fsp3) is 0.333. The molecule has 2 rings (SSSR count). The SMILES string of the molecule is CCOC(=O)c1c(C)[nH]c(C(=O)CSc2cccc(C(F)(F)F)c2)c1C. The number of alkyl halides is 3. The second-order valence-electron chi connectivity index (χ2n) is 5.58. The van der Waals surface area contributed by atoms with E-state index in [4.69, 9.17) is 4.74 Å². The maximum absolute atomic E-state index is 12.7. The molecule has 0 saturated carbocycles. The Morgan fingerprint density at radius 3 is 2.54 bits per heavy atom. The molecule has 26 heavy (non-hydrogen) atoms. The van der Waals surface area contributed by atoms with Gasteiger partial charge in [0.2, 0.25) is 0 Å². The maximum Gasteiger partial charge on any atom is 0.416 e. The summed E-state index contributed by atoms with van der Waals surface area (Å²) in [5.41, 5.74) is 0.833. The highest BCUT2D eigenvalue weighted by atomic mass is 32.2. The van der Waals surface area contributed by atoms with Crippen molar-refractivity contribution in [2.45, 2.75) is 31.8 Å². The zero-order chi connectivity index (χ0) is 19.5. The van der Waals surface area contributed by atoms with Crippen LogP contribution in [0.3, 0.4) is 0 Å². The standard InChI is InChI=1S/C18H18F3NO3S/c1-4-25-17(24)15-10(2)16(22-11(15)3)14(23)9-26-13-7-5-6-12(8-13)18(19,20)21/h5-8,22H,4,9H2,1-3H3. The van der Waals surface area contributed by atoms with E-state index in [1.807, 2.05) is 0 Å². The molecule has 0 bridgehead atoms. The molecule has 0 aliphatic heterocycles. The third-order valence-electron chi connectivity index (χ3n) is 3.73. The third-order valence-corrected chi connectivity index (χ3v) is 4.72. The van der Waals surface area contributed by atoms with Gasteiger partial charge in [-0.1, -0.05) is 6.07 Å². The minimum atomic E-state index is -4.43. The topological polar surface area (TPSA) is 59.2 Å². The Bertz CT molecular complexity index is 828. The van der Waals surface area contributed by atoms with Gasteiger partial charge in [0.25, 0.3) is 0 Å². The Hall–Kier alpha value is -2.22. The molecule has 1 aromatic carbocycles. The Kier molecular flexibility index (Phi) is 6.17. The molecule has 8 heteroatoms. The van der Waals surface area contributed by atoms with Gasteiger partial charge in [-0.2, -0.15) is 13.2 Å². The number of carbonyl (C=O) groups is 2. The summed E-state index contributed by atoms with van der Waals surface area (Å²) in [6, 6.07) is 4.81. The van der Waals surface area contributed by atoms with Crippen LogP contribution in [-0.2, 0) is 10.9 Å². The van der Waals surface area contributed by atoms with Crippen molar-refractivity contribution < 1.29 is 27.5 Å². The molecule has 0 atom stereocenters. The molecule has 0 amide bonds. The molecule has 0 fully saturated rings. The van der Waals surface area contributed by atoms with Gasteiger partial charge in [0.05, 0.1) is 29.2 Å². The summed E-state index contributed by atoms with van der Waals surface area (Å²) in [4.78, 5) is 27.6. The summed E-state index contributed by atoms with van der Waals surface area (Å²) in [7, 11) is 0. The number of aromatic nitrogens is 1. The fourth-order valence-electron chi connectivity index (χ4n) is 2.52. The monoisotopic (exact) mass is 385 g/mol. The van der Waals surface area contributed by atoms with Crippen LogP contribution in [-0.4, -0.2) is 29.1 Å². The number of ketones is 1. The van der Waals surface area contributed by atoms with E-state index in [-0.39, 0.29) is 23.8 Å². The van der Waals surface area contributed by atoms with Crippen molar-refractivity contribution in [3.05, 3.63) is 52.3 Å². The van der Waals surface area contributed by atoms with Crippen molar-refractivity contribution in [2.75, 3.05) is 12.4 Å². The van der Waals surface area contributed by atoms with Crippen LogP contribution in [0.25, 0.3) is 0 Å². The molecule has 1 aromatic heterocycles. The second-order valence-corrected chi connectivity index (χ2v) is 6.63. The van der Waals surface area contributed by atoms with Gasteiger partial charge in [-0.05, 0) is 44.5 Å². The molecule has 1 heterocycles. The van der Waals surface area contributed by atoms with Gasteiger partial charge >= 0.3 is 12.1 Å². The smallest absolute Gasteiger partial charge is 0.416 e. The molecule has 0 aliphatic rings. The van der Waals surface area contributed by atoms with Gasteiger partial charge in [0, 0.05) is 10.6 Å². The predicted octanol–water partition coefficient (Wildman–Crippen LogP) is 4.80. The molecular weight excluding hydrogens is 367 g/mol. The van der Waals surface area contributed by atoms with Crippen molar-refractivity contribution >= 4 is 23.5 Å². The van der Waals surface area contributed by atoms with Crippen LogP contribution < -0.4 is 0 Å². The number of nitrogens with one attached hydrogen (secondary N) is 1. The highest BCUT2D eigenvalue weighted by molar-refractivity contribution is 8.00. The van der Waals surface area contributed by atoms with E-state index in [9.17, 15) is 22.8 Å². The first-order chi connectivity index (χ1) is 12.1. The van der Waals surface area contributed by atoms with Gasteiger partial charge in [0.1, 0.15) is 0 Å². The largest absolute Gasteiger partial charge is 0.462 e. The molecule has 4 nitrogen and oxygen atoms in total.